The van der Waals surface area contributed by atoms with E-state index in [9.17, 15) is 27.7 Å². The molecule has 0 N–H and O–H groups in total. The molecule has 0 aliphatic heterocycles. The van der Waals surface area contributed by atoms with Gasteiger partial charge in [-0.2, -0.15) is 13.2 Å². The zero-order valence-corrected chi connectivity index (χ0v) is 8.32. The maximum absolute atomic E-state index is 13.3. The quantitative estimate of drug-likeness (QED) is 0.459. The SMILES string of the molecule is O=[N+]([O-])[C@H]1[C@H](c2ccccc2F)[C@@H]1C(F)(F)F. The monoisotopic (exact) mass is 249 g/mol. The van der Waals surface area contributed by atoms with Crippen molar-refractivity contribution < 1.29 is 22.5 Å². The number of nitro groups is 1. The molecular formula is C10H7F4NO2. The van der Waals surface area contributed by atoms with E-state index < -0.39 is 34.8 Å². The number of hydrogen-bond acceptors (Lipinski definition) is 2. The first-order valence-electron chi connectivity index (χ1n) is 4.78. The van der Waals surface area contributed by atoms with Crippen LogP contribution in [0.2, 0.25) is 0 Å². The van der Waals surface area contributed by atoms with Crippen LogP contribution in [0.4, 0.5) is 17.6 Å². The summed E-state index contributed by atoms with van der Waals surface area (Å²) in [6, 6.07) is 3.07. The van der Waals surface area contributed by atoms with E-state index in [-0.39, 0.29) is 5.56 Å². The molecule has 1 aromatic carbocycles. The molecule has 3 nitrogen and oxygen atoms in total. The summed E-state index contributed by atoms with van der Waals surface area (Å²) in [5, 5.41) is 10.5. The number of alkyl halides is 3. The zero-order valence-electron chi connectivity index (χ0n) is 8.32. The van der Waals surface area contributed by atoms with Gasteiger partial charge in [-0.3, -0.25) is 10.1 Å². The van der Waals surface area contributed by atoms with Crippen LogP contribution in [0.3, 0.4) is 0 Å². The van der Waals surface area contributed by atoms with Gasteiger partial charge in [-0.15, -0.1) is 0 Å². The summed E-state index contributed by atoms with van der Waals surface area (Å²) >= 11 is 0. The molecule has 0 heterocycles. The second-order valence-corrected chi connectivity index (χ2v) is 3.89. The average Bonchev–Trinajstić information content (AvgIpc) is 2.92. The first kappa shape index (κ1) is 11.8. The van der Waals surface area contributed by atoms with Crippen molar-refractivity contribution in [1.29, 1.82) is 0 Å². The summed E-state index contributed by atoms with van der Waals surface area (Å²) in [5.41, 5.74) is -0.239. The first-order valence-corrected chi connectivity index (χ1v) is 4.78. The molecule has 0 bridgehead atoms. The van der Waals surface area contributed by atoms with E-state index in [2.05, 4.69) is 0 Å². The molecule has 0 spiro atoms. The molecular weight excluding hydrogens is 242 g/mol. The number of halogens is 4. The molecule has 1 fully saturated rings. The molecule has 0 radical (unpaired) electrons. The number of benzene rings is 1. The Morgan fingerprint density at radius 2 is 1.82 bits per heavy atom. The summed E-state index contributed by atoms with van der Waals surface area (Å²) in [4.78, 5) is 9.51. The third-order valence-electron chi connectivity index (χ3n) is 2.87. The zero-order chi connectivity index (χ0) is 12.8. The molecule has 1 aliphatic carbocycles. The predicted octanol–water partition coefficient (Wildman–Crippen LogP) is 2.75. The van der Waals surface area contributed by atoms with Gasteiger partial charge in [0.2, 0.25) is 6.04 Å². The fourth-order valence-corrected chi connectivity index (χ4v) is 2.08. The standard InChI is InChI=1S/C10H7F4NO2/c11-6-4-2-1-3-5(6)7-8(10(12,13)14)9(7)15(16)17/h1-4,7-9H/t7-,8+,9+/m1/s1. The molecule has 0 amide bonds. The van der Waals surface area contributed by atoms with E-state index in [0.717, 1.165) is 12.1 Å². The van der Waals surface area contributed by atoms with E-state index in [0.29, 0.717) is 0 Å². The van der Waals surface area contributed by atoms with E-state index in [1.807, 2.05) is 0 Å². The molecule has 1 aromatic rings. The highest BCUT2D eigenvalue weighted by atomic mass is 19.4. The van der Waals surface area contributed by atoms with Gasteiger partial charge in [-0.1, -0.05) is 18.2 Å². The van der Waals surface area contributed by atoms with Crippen LogP contribution in [0.1, 0.15) is 11.5 Å². The summed E-state index contributed by atoms with van der Waals surface area (Å²) < 4.78 is 50.8. The fraction of sp³-hybridized carbons (Fsp3) is 0.400. The second-order valence-electron chi connectivity index (χ2n) is 3.89. The highest BCUT2D eigenvalue weighted by Gasteiger charge is 2.73. The Labute approximate surface area is 93.2 Å². The minimum atomic E-state index is -4.68. The van der Waals surface area contributed by atoms with E-state index in [1.165, 1.54) is 12.1 Å². The molecule has 1 aliphatic rings. The van der Waals surface area contributed by atoms with E-state index >= 15 is 0 Å². The lowest BCUT2D eigenvalue weighted by molar-refractivity contribution is -0.503. The fourth-order valence-electron chi connectivity index (χ4n) is 2.08. The lowest BCUT2D eigenvalue weighted by atomic mass is 10.1. The van der Waals surface area contributed by atoms with Crippen LogP contribution in [0.15, 0.2) is 24.3 Å². The van der Waals surface area contributed by atoms with E-state index in [4.69, 9.17) is 0 Å². The Morgan fingerprint density at radius 1 is 1.24 bits per heavy atom. The Bertz CT molecular complexity index is 460. The highest BCUT2D eigenvalue weighted by Crippen LogP contribution is 2.57. The van der Waals surface area contributed by atoms with Crippen molar-refractivity contribution in [1.82, 2.24) is 0 Å². The minimum absolute atomic E-state index is 0.239. The van der Waals surface area contributed by atoms with Crippen LogP contribution >= 0.6 is 0 Å². The van der Waals surface area contributed by atoms with Crippen molar-refractivity contribution in [2.24, 2.45) is 5.92 Å². The maximum atomic E-state index is 13.3. The number of hydrogen-bond donors (Lipinski definition) is 0. The van der Waals surface area contributed by atoms with Crippen molar-refractivity contribution >= 4 is 0 Å². The Kier molecular flexibility index (Phi) is 2.56. The van der Waals surface area contributed by atoms with Crippen molar-refractivity contribution in [2.45, 2.75) is 18.1 Å². The van der Waals surface area contributed by atoms with Gasteiger partial charge in [-0.05, 0) is 11.6 Å². The van der Waals surface area contributed by atoms with Crippen LogP contribution < -0.4 is 0 Å². The second kappa shape index (κ2) is 3.68. The Morgan fingerprint density at radius 3 is 2.24 bits per heavy atom. The van der Waals surface area contributed by atoms with Gasteiger partial charge in [-0.25, -0.2) is 4.39 Å². The summed E-state index contributed by atoms with van der Waals surface area (Å²) in [5.74, 6) is -4.34. The van der Waals surface area contributed by atoms with Gasteiger partial charge >= 0.3 is 6.18 Å². The predicted molar refractivity (Wildman–Crippen MR) is 49.5 cm³/mol. The molecule has 0 saturated heterocycles. The third kappa shape index (κ3) is 1.96. The van der Waals surface area contributed by atoms with E-state index in [1.54, 1.807) is 0 Å². The van der Waals surface area contributed by atoms with Gasteiger partial charge in [0.1, 0.15) is 11.7 Å². The normalized spacial score (nSPS) is 27.9. The summed E-state index contributed by atoms with van der Waals surface area (Å²) in [6.07, 6.45) is -4.68. The average molecular weight is 249 g/mol. The Balaban J connectivity index is 2.34. The summed E-state index contributed by atoms with van der Waals surface area (Å²) in [6.45, 7) is 0. The molecule has 3 atom stereocenters. The van der Waals surface area contributed by atoms with Crippen molar-refractivity contribution in [2.75, 3.05) is 0 Å². The third-order valence-corrected chi connectivity index (χ3v) is 2.87. The van der Waals surface area contributed by atoms with Gasteiger partial charge in [0.15, 0.2) is 0 Å². The van der Waals surface area contributed by atoms with Crippen LogP contribution in [0, 0.1) is 21.8 Å². The molecule has 0 unspecified atom stereocenters. The van der Waals surface area contributed by atoms with Crippen molar-refractivity contribution in [3.63, 3.8) is 0 Å². The van der Waals surface area contributed by atoms with Gasteiger partial charge in [0.05, 0.1) is 5.92 Å². The van der Waals surface area contributed by atoms with Crippen LogP contribution in [-0.4, -0.2) is 17.1 Å². The number of nitrogens with zero attached hydrogens (tertiary/aromatic N) is 1. The molecule has 92 valence electrons. The largest absolute Gasteiger partial charge is 0.399 e. The van der Waals surface area contributed by atoms with Crippen molar-refractivity contribution in [3.05, 3.63) is 45.8 Å². The maximum Gasteiger partial charge on any atom is 0.399 e. The molecule has 1 saturated carbocycles. The summed E-state index contributed by atoms with van der Waals surface area (Å²) in [7, 11) is 0. The molecule has 2 rings (SSSR count). The van der Waals surface area contributed by atoms with Crippen LogP contribution in [0.5, 0.6) is 0 Å². The van der Waals surface area contributed by atoms with Crippen LogP contribution in [0.25, 0.3) is 0 Å². The highest BCUT2D eigenvalue weighted by molar-refractivity contribution is 5.31. The van der Waals surface area contributed by atoms with Gasteiger partial charge in [0, 0.05) is 4.92 Å². The smallest absolute Gasteiger partial charge is 0.264 e. The minimum Gasteiger partial charge on any atom is -0.264 e. The van der Waals surface area contributed by atoms with Gasteiger partial charge in [0.25, 0.3) is 0 Å². The molecule has 17 heavy (non-hydrogen) atoms. The van der Waals surface area contributed by atoms with Gasteiger partial charge < -0.3 is 0 Å². The molecule has 0 aromatic heterocycles. The van der Waals surface area contributed by atoms with Crippen LogP contribution in [-0.2, 0) is 0 Å². The molecule has 7 heteroatoms. The Hall–Kier alpha value is -1.66. The topological polar surface area (TPSA) is 43.1 Å². The number of rotatable bonds is 2. The van der Waals surface area contributed by atoms with Crippen molar-refractivity contribution in [3.8, 4) is 0 Å². The first-order chi connectivity index (χ1) is 7.84. The lowest BCUT2D eigenvalue weighted by Gasteiger charge is -2.03. The lowest BCUT2D eigenvalue weighted by Crippen LogP contribution is -2.17.